The molecule has 14 heavy (non-hydrogen) atoms. The minimum absolute atomic E-state index is 0.358. The summed E-state index contributed by atoms with van der Waals surface area (Å²) in [6, 6.07) is 4.13. The summed E-state index contributed by atoms with van der Waals surface area (Å²) in [4.78, 5) is 3.80. The Kier molecular flexibility index (Phi) is 2.14. The Morgan fingerprint density at radius 2 is 2.29 bits per heavy atom. The molecule has 1 aromatic carbocycles. The molecule has 0 radical (unpaired) electrons. The largest absolute Gasteiger partial charge is 0.505 e. The third-order valence-electron chi connectivity index (χ3n) is 1.77. The van der Waals surface area contributed by atoms with Crippen LogP contribution in [0.3, 0.4) is 0 Å². The lowest BCUT2D eigenvalue weighted by atomic mass is 10.1. The van der Waals surface area contributed by atoms with Crippen LogP contribution in [0.5, 0.6) is 5.75 Å². The van der Waals surface area contributed by atoms with Gasteiger partial charge in [-0.1, -0.05) is 11.2 Å². The monoisotopic (exact) mass is 194 g/mol. The Morgan fingerprint density at radius 3 is 2.93 bits per heavy atom. The molecule has 1 aromatic heterocycles. The smallest absolute Gasteiger partial charge is 0.230 e. The molecule has 0 unspecified atom stereocenters. The molecule has 0 aliphatic heterocycles. The lowest BCUT2D eigenvalue weighted by Gasteiger charge is -1.98. The van der Waals surface area contributed by atoms with Gasteiger partial charge >= 0.3 is 0 Å². The number of hydrogen-bond acceptors (Lipinski definition) is 4. The van der Waals surface area contributed by atoms with Gasteiger partial charge in [0.15, 0.2) is 17.9 Å². The molecule has 0 spiro atoms. The second-order valence-corrected chi connectivity index (χ2v) is 2.80. The minimum atomic E-state index is -0.651. The summed E-state index contributed by atoms with van der Waals surface area (Å²) in [5.74, 6) is -0.601. The van der Waals surface area contributed by atoms with Gasteiger partial charge in [-0.05, 0) is 17.7 Å². The molecule has 1 heterocycles. The average molecular weight is 194 g/mol. The van der Waals surface area contributed by atoms with Crippen LogP contribution in [0.4, 0.5) is 4.39 Å². The van der Waals surface area contributed by atoms with Gasteiger partial charge in [0, 0.05) is 0 Å². The Balaban J connectivity index is 2.22. The van der Waals surface area contributed by atoms with E-state index in [9.17, 15) is 4.39 Å². The van der Waals surface area contributed by atoms with Gasteiger partial charge in [0.05, 0.1) is 6.42 Å². The second-order valence-electron chi connectivity index (χ2n) is 2.80. The number of halogens is 1. The van der Waals surface area contributed by atoms with E-state index in [0.717, 1.165) is 0 Å². The lowest BCUT2D eigenvalue weighted by molar-refractivity contribution is 0.383. The van der Waals surface area contributed by atoms with Crippen LogP contribution in [-0.2, 0) is 6.42 Å². The van der Waals surface area contributed by atoms with Crippen molar-refractivity contribution < 1.29 is 14.0 Å². The molecule has 0 saturated heterocycles. The molecule has 0 fully saturated rings. The molecule has 0 amide bonds. The first kappa shape index (κ1) is 8.68. The van der Waals surface area contributed by atoms with Crippen LogP contribution in [0, 0.1) is 5.82 Å². The Hall–Kier alpha value is -1.91. The SMILES string of the molecule is Oc1ccc(Cc2ncno2)cc1F. The van der Waals surface area contributed by atoms with E-state index in [4.69, 9.17) is 9.63 Å². The third kappa shape index (κ3) is 1.71. The first-order valence-corrected chi connectivity index (χ1v) is 3.98. The van der Waals surface area contributed by atoms with Crippen LogP contribution in [0.1, 0.15) is 11.5 Å². The van der Waals surface area contributed by atoms with Crippen molar-refractivity contribution in [3.8, 4) is 5.75 Å². The predicted octanol–water partition coefficient (Wildman–Crippen LogP) is 1.51. The molecule has 0 bridgehead atoms. The summed E-state index contributed by atoms with van der Waals surface area (Å²) >= 11 is 0. The standard InChI is InChI=1S/C9H7FN2O2/c10-7-3-6(1-2-8(7)13)4-9-11-5-12-14-9/h1-3,5,13H,4H2. The molecular weight excluding hydrogens is 187 g/mol. The molecule has 0 aliphatic carbocycles. The maximum Gasteiger partial charge on any atom is 0.230 e. The number of hydrogen-bond donors (Lipinski definition) is 1. The average Bonchev–Trinajstić information content (AvgIpc) is 2.64. The van der Waals surface area contributed by atoms with Crippen LogP contribution >= 0.6 is 0 Å². The van der Waals surface area contributed by atoms with E-state index in [0.29, 0.717) is 17.9 Å². The van der Waals surface area contributed by atoms with Crippen LogP contribution in [0.15, 0.2) is 29.0 Å². The third-order valence-corrected chi connectivity index (χ3v) is 1.77. The summed E-state index contributed by atoms with van der Waals surface area (Å²) in [5.41, 5.74) is 0.671. The Bertz CT molecular complexity index is 428. The number of phenolic OH excluding ortho intramolecular Hbond substituents is 1. The van der Waals surface area contributed by atoms with E-state index in [2.05, 4.69) is 10.1 Å². The molecule has 0 atom stereocenters. The van der Waals surface area contributed by atoms with Gasteiger partial charge in [-0.3, -0.25) is 0 Å². The number of aromatic hydroxyl groups is 1. The first-order valence-electron chi connectivity index (χ1n) is 3.98. The summed E-state index contributed by atoms with van der Waals surface area (Å²) in [6.07, 6.45) is 1.64. The number of benzene rings is 1. The van der Waals surface area contributed by atoms with Gasteiger partial charge in [0.2, 0.25) is 5.89 Å². The van der Waals surface area contributed by atoms with E-state index in [-0.39, 0.29) is 5.75 Å². The molecule has 1 N–H and O–H groups in total. The first-order chi connectivity index (χ1) is 6.75. The lowest BCUT2D eigenvalue weighted by Crippen LogP contribution is -1.89. The summed E-state index contributed by atoms with van der Waals surface area (Å²) in [5, 5.41) is 12.4. The summed E-state index contributed by atoms with van der Waals surface area (Å²) in [7, 11) is 0. The zero-order chi connectivity index (χ0) is 9.97. The van der Waals surface area contributed by atoms with E-state index in [1.807, 2.05) is 0 Å². The fourth-order valence-electron chi connectivity index (χ4n) is 1.11. The number of aromatic nitrogens is 2. The number of rotatable bonds is 2. The predicted molar refractivity (Wildman–Crippen MR) is 45.2 cm³/mol. The van der Waals surface area contributed by atoms with Crippen molar-refractivity contribution in [3.05, 3.63) is 41.8 Å². The molecule has 72 valence electrons. The van der Waals surface area contributed by atoms with Crippen molar-refractivity contribution >= 4 is 0 Å². The normalized spacial score (nSPS) is 10.4. The van der Waals surface area contributed by atoms with Gasteiger partial charge in [-0.2, -0.15) is 4.98 Å². The highest BCUT2D eigenvalue weighted by atomic mass is 19.1. The maximum atomic E-state index is 12.9. The van der Waals surface area contributed by atoms with Crippen LogP contribution in [-0.4, -0.2) is 15.2 Å². The summed E-state index contributed by atoms with van der Waals surface area (Å²) < 4.78 is 17.7. The number of phenols is 1. The molecule has 2 rings (SSSR count). The topological polar surface area (TPSA) is 59.2 Å². The van der Waals surface area contributed by atoms with Gasteiger partial charge < -0.3 is 9.63 Å². The highest BCUT2D eigenvalue weighted by Gasteiger charge is 2.05. The Labute approximate surface area is 79.0 Å². The van der Waals surface area contributed by atoms with Gasteiger partial charge in [-0.25, -0.2) is 4.39 Å². The fraction of sp³-hybridized carbons (Fsp3) is 0.111. The van der Waals surface area contributed by atoms with Crippen molar-refractivity contribution in [3.63, 3.8) is 0 Å². The van der Waals surface area contributed by atoms with Crippen LogP contribution in [0.25, 0.3) is 0 Å². The summed E-state index contributed by atoms with van der Waals surface area (Å²) in [6.45, 7) is 0. The Morgan fingerprint density at radius 1 is 1.43 bits per heavy atom. The van der Waals surface area contributed by atoms with Crippen LogP contribution in [0.2, 0.25) is 0 Å². The quantitative estimate of drug-likeness (QED) is 0.787. The zero-order valence-corrected chi connectivity index (χ0v) is 7.14. The van der Waals surface area contributed by atoms with Gasteiger partial charge in [-0.15, -0.1) is 0 Å². The molecule has 5 heteroatoms. The molecule has 0 saturated carbocycles. The van der Waals surface area contributed by atoms with Gasteiger partial charge in [0.25, 0.3) is 0 Å². The van der Waals surface area contributed by atoms with Crippen molar-refractivity contribution in [2.24, 2.45) is 0 Å². The molecule has 0 aliphatic rings. The van der Waals surface area contributed by atoms with Crippen molar-refractivity contribution in [1.29, 1.82) is 0 Å². The van der Waals surface area contributed by atoms with E-state index in [1.165, 1.54) is 18.5 Å². The molecule has 4 nitrogen and oxygen atoms in total. The fourth-order valence-corrected chi connectivity index (χ4v) is 1.11. The van der Waals surface area contributed by atoms with E-state index in [1.54, 1.807) is 6.07 Å². The zero-order valence-electron chi connectivity index (χ0n) is 7.14. The van der Waals surface area contributed by atoms with Crippen LogP contribution < -0.4 is 0 Å². The molecular formula is C9H7FN2O2. The van der Waals surface area contributed by atoms with Crippen molar-refractivity contribution in [1.82, 2.24) is 10.1 Å². The van der Waals surface area contributed by atoms with E-state index < -0.39 is 5.82 Å². The van der Waals surface area contributed by atoms with E-state index >= 15 is 0 Å². The van der Waals surface area contributed by atoms with Gasteiger partial charge in [0.1, 0.15) is 0 Å². The number of nitrogens with zero attached hydrogens (tertiary/aromatic N) is 2. The second kappa shape index (κ2) is 3.45. The minimum Gasteiger partial charge on any atom is -0.505 e. The van der Waals surface area contributed by atoms with Crippen molar-refractivity contribution in [2.45, 2.75) is 6.42 Å². The molecule has 2 aromatic rings. The van der Waals surface area contributed by atoms with Crippen molar-refractivity contribution in [2.75, 3.05) is 0 Å². The highest BCUT2D eigenvalue weighted by molar-refractivity contribution is 5.29. The highest BCUT2D eigenvalue weighted by Crippen LogP contribution is 2.17. The maximum absolute atomic E-state index is 12.9.